The summed E-state index contributed by atoms with van der Waals surface area (Å²) >= 11 is 6.11. The summed E-state index contributed by atoms with van der Waals surface area (Å²) in [5.41, 5.74) is -0.370. The molecule has 0 saturated carbocycles. The van der Waals surface area contributed by atoms with Crippen molar-refractivity contribution in [1.29, 1.82) is 0 Å². The van der Waals surface area contributed by atoms with Crippen LogP contribution < -0.4 is 14.8 Å². The number of carbonyl (C=O) groups is 2. The molecule has 1 atom stereocenters. The minimum absolute atomic E-state index is 0.0976. The lowest BCUT2D eigenvalue weighted by atomic mass is 10.0. The molecule has 3 rings (SSSR count). The maximum absolute atomic E-state index is 12.4. The van der Waals surface area contributed by atoms with E-state index in [1.807, 2.05) is 0 Å². The van der Waals surface area contributed by atoms with Crippen LogP contribution in [0.25, 0.3) is 0 Å². The normalized spacial score (nSPS) is 23.1. The van der Waals surface area contributed by atoms with E-state index in [4.69, 9.17) is 25.8 Å². The molecule has 0 unspecified atom stereocenters. The van der Waals surface area contributed by atoms with Crippen molar-refractivity contribution in [1.82, 2.24) is 10.2 Å². The lowest BCUT2D eigenvalue weighted by molar-refractivity contribution is -0.132. The molecular formula is C14H15ClN2O5. The minimum atomic E-state index is -1.05. The molecule has 1 aromatic rings. The maximum Gasteiger partial charge on any atom is 0.325 e. The van der Waals surface area contributed by atoms with Crippen molar-refractivity contribution in [2.75, 3.05) is 20.5 Å². The first-order valence-corrected chi connectivity index (χ1v) is 7.03. The highest BCUT2D eigenvalue weighted by atomic mass is 35.5. The van der Waals surface area contributed by atoms with Crippen molar-refractivity contribution in [2.45, 2.75) is 19.0 Å². The Kier molecular flexibility index (Phi) is 3.62. The lowest BCUT2D eigenvalue weighted by Crippen LogP contribution is -2.47. The third kappa shape index (κ3) is 2.36. The van der Waals surface area contributed by atoms with E-state index >= 15 is 0 Å². The summed E-state index contributed by atoms with van der Waals surface area (Å²) in [6.45, 7) is 1.94. The number of halogens is 1. The van der Waals surface area contributed by atoms with E-state index in [0.29, 0.717) is 22.1 Å². The number of benzene rings is 1. The summed E-state index contributed by atoms with van der Waals surface area (Å²) in [5, 5.41) is 3.03. The maximum atomic E-state index is 12.4. The van der Waals surface area contributed by atoms with Gasteiger partial charge in [0, 0.05) is 7.11 Å². The Morgan fingerprint density at radius 2 is 2.18 bits per heavy atom. The van der Waals surface area contributed by atoms with Crippen LogP contribution in [0.3, 0.4) is 0 Å². The quantitative estimate of drug-likeness (QED) is 0.849. The first kappa shape index (κ1) is 14.9. The highest BCUT2D eigenvalue weighted by Crippen LogP contribution is 2.40. The van der Waals surface area contributed by atoms with Crippen molar-refractivity contribution in [3.05, 3.63) is 22.7 Å². The number of fused-ring (bicyclic) bond motifs is 1. The van der Waals surface area contributed by atoms with Gasteiger partial charge in [-0.15, -0.1) is 0 Å². The molecule has 2 aliphatic heterocycles. The van der Waals surface area contributed by atoms with Gasteiger partial charge in [0.15, 0.2) is 11.5 Å². The van der Waals surface area contributed by atoms with Gasteiger partial charge in [-0.25, -0.2) is 4.79 Å². The van der Waals surface area contributed by atoms with E-state index in [9.17, 15) is 9.59 Å². The number of rotatable bonds is 4. The van der Waals surface area contributed by atoms with E-state index in [-0.39, 0.29) is 25.9 Å². The lowest BCUT2D eigenvalue weighted by Gasteiger charge is -2.20. The molecule has 1 saturated heterocycles. The van der Waals surface area contributed by atoms with Gasteiger partial charge in [0.25, 0.3) is 5.91 Å². The van der Waals surface area contributed by atoms with Crippen molar-refractivity contribution >= 4 is 23.5 Å². The van der Waals surface area contributed by atoms with Crippen molar-refractivity contribution in [3.63, 3.8) is 0 Å². The second kappa shape index (κ2) is 5.33. The van der Waals surface area contributed by atoms with Crippen LogP contribution in [0.1, 0.15) is 12.5 Å². The van der Waals surface area contributed by atoms with Gasteiger partial charge in [0.05, 0.1) is 18.2 Å². The number of imide groups is 1. The zero-order valence-corrected chi connectivity index (χ0v) is 12.9. The fraction of sp³-hybridized carbons (Fsp3) is 0.429. The number of carbonyl (C=O) groups excluding carboxylic acids is 2. The summed E-state index contributed by atoms with van der Waals surface area (Å²) in [6.07, 6.45) is 0. The molecule has 0 aliphatic carbocycles. The molecular weight excluding hydrogens is 312 g/mol. The number of hydrogen-bond acceptors (Lipinski definition) is 5. The third-order valence-corrected chi connectivity index (χ3v) is 3.89. The van der Waals surface area contributed by atoms with Crippen LogP contribution in [-0.2, 0) is 16.1 Å². The van der Waals surface area contributed by atoms with Crippen LogP contribution in [-0.4, -0.2) is 42.9 Å². The Hall–Kier alpha value is -1.99. The highest BCUT2D eigenvalue weighted by molar-refractivity contribution is 6.32. The monoisotopic (exact) mass is 326 g/mol. The number of nitrogens with zero attached hydrogens (tertiary/aromatic N) is 1. The zero-order valence-electron chi connectivity index (χ0n) is 12.1. The number of urea groups is 1. The van der Waals surface area contributed by atoms with Gasteiger partial charge in [-0.1, -0.05) is 11.6 Å². The Morgan fingerprint density at radius 1 is 1.41 bits per heavy atom. The summed E-state index contributed by atoms with van der Waals surface area (Å²) in [7, 11) is 1.48. The Balaban J connectivity index is 1.83. The van der Waals surface area contributed by atoms with Gasteiger partial charge < -0.3 is 19.5 Å². The third-order valence-electron chi connectivity index (χ3n) is 3.61. The van der Waals surface area contributed by atoms with Crippen LogP contribution in [0.2, 0.25) is 5.02 Å². The fourth-order valence-corrected chi connectivity index (χ4v) is 2.86. The predicted octanol–water partition coefficient (Wildman–Crippen LogP) is 1.53. The highest BCUT2D eigenvalue weighted by Gasteiger charge is 2.47. The number of nitrogens with one attached hydrogen (secondary N) is 1. The SMILES string of the molecule is COC[C@@]1(C)NC(=O)N(Cc2cc(Cl)c3c(c2)OCO3)C1=O. The van der Waals surface area contributed by atoms with Gasteiger partial charge in [0.1, 0.15) is 5.54 Å². The van der Waals surface area contributed by atoms with E-state index in [1.165, 1.54) is 7.11 Å². The molecule has 22 heavy (non-hydrogen) atoms. The molecule has 0 spiro atoms. The van der Waals surface area contributed by atoms with E-state index in [1.54, 1.807) is 19.1 Å². The van der Waals surface area contributed by atoms with Crippen molar-refractivity contribution in [2.24, 2.45) is 0 Å². The fourth-order valence-electron chi connectivity index (χ4n) is 2.57. The molecule has 8 heteroatoms. The molecule has 7 nitrogen and oxygen atoms in total. The molecule has 2 aliphatic rings. The van der Waals surface area contributed by atoms with Gasteiger partial charge in [-0.05, 0) is 24.6 Å². The Bertz CT molecular complexity index is 650. The van der Waals surface area contributed by atoms with Crippen LogP contribution in [0, 0.1) is 0 Å². The first-order valence-electron chi connectivity index (χ1n) is 6.66. The molecule has 0 aromatic heterocycles. The number of methoxy groups -OCH3 is 1. The predicted molar refractivity (Wildman–Crippen MR) is 76.9 cm³/mol. The smallest absolute Gasteiger partial charge is 0.325 e. The number of hydrogen-bond donors (Lipinski definition) is 1. The molecule has 1 aromatic carbocycles. The second-order valence-electron chi connectivity index (χ2n) is 5.40. The van der Waals surface area contributed by atoms with Crippen LogP contribution in [0.5, 0.6) is 11.5 Å². The molecule has 1 N–H and O–H groups in total. The summed E-state index contributed by atoms with van der Waals surface area (Å²) < 4.78 is 15.5. The van der Waals surface area contributed by atoms with Gasteiger partial charge in [0.2, 0.25) is 6.79 Å². The second-order valence-corrected chi connectivity index (χ2v) is 5.81. The van der Waals surface area contributed by atoms with Crippen LogP contribution >= 0.6 is 11.6 Å². The van der Waals surface area contributed by atoms with Gasteiger partial charge in [-0.3, -0.25) is 9.69 Å². The van der Waals surface area contributed by atoms with Crippen molar-refractivity contribution < 1.29 is 23.8 Å². The summed E-state index contributed by atoms with van der Waals surface area (Å²) in [6, 6.07) is 2.90. The molecule has 3 amide bonds. The Labute approximate surface area is 132 Å². The van der Waals surface area contributed by atoms with Gasteiger partial charge in [-0.2, -0.15) is 0 Å². The molecule has 2 heterocycles. The number of amides is 3. The largest absolute Gasteiger partial charge is 0.454 e. The minimum Gasteiger partial charge on any atom is -0.454 e. The summed E-state index contributed by atoms with van der Waals surface area (Å²) in [4.78, 5) is 25.6. The van der Waals surface area contributed by atoms with E-state index < -0.39 is 11.6 Å². The Morgan fingerprint density at radius 3 is 2.91 bits per heavy atom. The molecule has 0 bridgehead atoms. The van der Waals surface area contributed by atoms with Crippen molar-refractivity contribution in [3.8, 4) is 11.5 Å². The first-order chi connectivity index (χ1) is 10.4. The zero-order chi connectivity index (χ0) is 15.9. The summed E-state index contributed by atoms with van der Waals surface area (Å²) in [5.74, 6) is 0.647. The standard InChI is InChI=1S/C14H15ClN2O5/c1-14(6-20-2)12(18)17(13(19)16-14)5-8-3-9(15)11-10(4-8)21-7-22-11/h3-4H,5-7H2,1-2H3,(H,16,19)/t14-/m1/s1. The molecule has 118 valence electrons. The topological polar surface area (TPSA) is 77.1 Å². The average Bonchev–Trinajstić information content (AvgIpc) is 2.99. The number of ether oxygens (including phenoxy) is 3. The molecule has 1 fully saturated rings. The van der Waals surface area contributed by atoms with Crippen LogP contribution in [0.15, 0.2) is 12.1 Å². The van der Waals surface area contributed by atoms with E-state index in [0.717, 1.165) is 4.90 Å². The van der Waals surface area contributed by atoms with Crippen LogP contribution in [0.4, 0.5) is 4.79 Å². The molecule has 0 radical (unpaired) electrons. The average molecular weight is 327 g/mol. The van der Waals surface area contributed by atoms with E-state index in [2.05, 4.69) is 5.32 Å². The van der Waals surface area contributed by atoms with Gasteiger partial charge >= 0.3 is 6.03 Å².